The third kappa shape index (κ3) is 3.91. The summed E-state index contributed by atoms with van der Waals surface area (Å²) in [6, 6.07) is 7.29. The number of carbonyl (C=O) groups excluding carboxylic acids is 1. The molecule has 140 valence electrons. The van der Waals surface area contributed by atoms with E-state index < -0.39 is 0 Å². The third-order valence-corrected chi connectivity index (χ3v) is 5.60. The fraction of sp³-hybridized carbons (Fsp3) is 0.368. The number of carbonyl (C=O) groups is 1. The maximum absolute atomic E-state index is 11.5. The van der Waals surface area contributed by atoms with Gasteiger partial charge in [-0.05, 0) is 31.5 Å². The Hall–Kier alpha value is -2.58. The van der Waals surface area contributed by atoms with Gasteiger partial charge in [-0.3, -0.25) is 4.90 Å². The predicted octanol–water partition coefficient (Wildman–Crippen LogP) is 3.71. The predicted molar refractivity (Wildman–Crippen MR) is 100 cm³/mol. The highest BCUT2D eigenvalue weighted by Crippen LogP contribution is 2.33. The number of likely N-dealkylation sites (tertiary alicyclic amines) is 1. The first kappa shape index (κ1) is 17.8. The number of esters is 1. The Labute approximate surface area is 161 Å². The monoisotopic (exact) mass is 384 g/mol. The van der Waals surface area contributed by atoms with E-state index in [4.69, 9.17) is 9.26 Å². The van der Waals surface area contributed by atoms with Gasteiger partial charge in [0.15, 0.2) is 0 Å². The van der Waals surface area contributed by atoms with Crippen molar-refractivity contribution >= 4 is 17.3 Å². The first-order valence-corrected chi connectivity index (χ1v) is 9.77. The van der Waals surface area contributed by atoms with E-state index >= 15 is 0 Å². The highest BCUT2D eigenvalue weighted by atomic mass is 32.1. The van der Waals surface area contributed by atoms with Crippen molar-refractivity contribution in [3.63, 3.8) is 0 Å². The van der Waals surface area contributed by atoms with Crippen LogP contribution in [-0.2, 0) is 11.3 Å². The molecule has 3 aromatic rings. The molecule has 0 N–H and O–H groups in total. The molecule has 0 bridgehead atoms. The molecule has 1 saturated heterocycles. The maximum atomic E-state index is 11.5. The van der Waals surface area contributed by atoms with E-state index in [1.54, 1.807) is 35.6 Å². The minimum absolute atomic E-state index is 0.313. The van der Waals surface area contributed by atoms with E-state index in [-0.39, 0.29) is 5.97 Å². The van der Waals surface area contributed by atoms with Gasteiger partial charge in [0.25, 0.3) is 0 Å². The van der Waals surface area contributed by atoms with Crippen molar-refractivity contribution in [1.82, 2.24) is 20.0 Å². The Morgan fingerprint density at radius 1 is 1.33 bits per heavy atom. The van der Waals surface area contributed by atoms with Crippen molar-refractivity contribution in [3.8, 4) is 11.4 Å². The van der Waals surface area contributed by atoms with Gasteiger partial charge >= 0.3 is 5.97 Å². The highest BCUT2D eigenvalue weighted by Gasteiger charge is 2.27. The van der Waals surface area contributed by atoms with Gasteiger partial charge in [-0.1, -0.05) is 23.7 Å². The second-order valence-corrected chi connectivity index (χ2v) is 7.36. The molecule has 1 fully saturated rings. The molecule has 0 aliphatic carbocycles. The average Bonchev–Trinajstić information content (AvgIpc) is 3.40. The second kappa shape index (κ2) is 7.98. The molecule has 0 radical (unpaired) electrons. The summed E-state index contributed by atoms with van der Waals surface area (Å²) in [6.45, 7) is 1.60. The molecule has 1 aliphatic heterocycles. The van der Waals surface area contributed by atoms with Gasteiger partial charge in [0, 0.05) is 17.1 Å². The van der Waals surface area contributed by atoms with E-state index in [1.807, 2.05) is 11.6 Å². The molecule has 2 aromatic heterocycles. The third-order valence-electron chi connectivity index (χ3n) is 4.72. The van der Waals surface area contributed by atoms with Crippen LogP contribution in [0.1, 0.15) is 46.6 Å². The fourth-order valence-corrected chi connectivity index (χ4v) is 4.15. The van der Waals surface area contributed by atoms with Crippen LogP contribution >= 0.6 is 11.3 Å². The van der Waals surface area contributed by atoms with Gasteiger partial charge < -0.3 is 9.26 Å². The Bertz CT molecular complexity index is 892. The van der Waals surface area contributed by atoms with E-state index in [0.29, 0.717) is 29.9 Å². The van der Waals surface area contributed by atoms with Crippen LogP contribution in [-0.4, -0.2) is 39.6 Å². The number of rotatable bonds is 5. The molecule has 8 heteroatoms. The van der Waals surface area contributed by atoms with Crippen LogP contribution in [0.5, 0.6) is 0 Å². The molecule has 4 rings (SSSR count). The molecular weight excluding hydrogens is 364 g/mol. The largest absolute Gasteiger partial charge is 0.465 e. The van der Waals surface area contributed by atoms with Crippen LogP contribution in [0.15, 0.2) is 40.4 Å². The molecule has 3 heterocycles. The zero-order valence-corrected chi connectivity index (χ0v) is 15.8. The van der Waals surface area contributed by atoms with Crippen LogP contribution < -0.4 is 0 Å². The number of methoxy groups -OCH3 is 1. The summed E-state index contributed by atoms with van der Waals surface area (Å²) in [4.78, 5) is 22.9. The Balaban J connectivity index is 1.48. The van der Waals surface area contributed by atoms with Gasteiger partial charge in [-0.2, -0.15) is 4.98 Å². The van der Waals surface area contributed by atoms with Crippen molar-refractivity contribution in [2.24, 2.45) is 0 Å². The van der Waals surface area contributed by atoms with Crippen LogP contribution in [0.3, 0.4) is 0 Å². The van der Waals surface area contributed by atoms with Crippen LogP contribution in [0.25, 0.3) is 11.4 Å². The number of benzene rings is 1. The van der Waals surface area contributed by atoms with Crippen LogP contribution in [0.2, 0.25) is 0 Å². The van der Waals surface area contributed by atoms with Gasteiger partial charge in [-0.15, -0.1) is 11.3 Å². The Morgan fingerprint density at radius 3 is 2.93 bits per heavy atom. The first-order chi connectivity index (χ1) is 13.2. The van der Waals surface area contributed by atoms with Gasteiger partial charge in [-0.25, -0.2) is 9.78 Å². The lowest BCUT2D eigenvalue weighted by Gasteiger charge is -2.33. The van der Waals surface area contributed by atoms with E-state index in [9.17, 15) is 4.79 Å². The van der Waals surface area contributed by atoms with E-state index in [1.165, 1.54) is 13.5 Å². The van der Waals surface area contributed by atoms with Crippen molar-refractivity contribution in [1.29, 1.82) is 0 Å². The standard InChI is InChI=1S/C19H20N4O3S/c1-25-19(24)14-7-5-13(6-8-14)17-21-16(26-22-17)12-23-10-3-2-4-15(23)18-20-9-11-27-18/h5-9,11,15H,2-4,10,12H2,1H3/t15-/m0/s1. The highest BCUT2D eigenvalue weighted by molar-refractivity contribution is 7.09. The number of thiazole rings is 1. The molecule has 0 spiro atoms. The lowest BCUT2D eigenvalue weighted by molar-refractivity contribution is 0.0601. The quantitative estimate of drug-likeness (QED) is 0.620. The first-order valence-electron chi connectivity index (χ1n) is 8.89. The lowest BCUT2D eigenvalue weighted by atomic mass is 10.0. The number of hydrogen-bond acceptors (Lipinski definition) is 8. The molecular formula is C19H20N4O3S. The van der Waals surface area contributed by atoms with Crippen molar-refractivity contribution < 1.29 is 14.1 Å². The molecule has 1 aliphatic rings. The minimum atomic E-state index is -0.367. The summed E-state index contributed by atoms with van der Waals surface area (Å²) >= 11 is 1.69. The normalized spacial score (nSPS) is 17.7. The van der Waals surface area contributed by atoms with Crippen molar-refractivity contribution in [2.75, 3.05) is 13.7 Å². The number of hydrogen-bond donors (Lipinski definition) is 0. The molecule has 1 atom stereocenters. The average molecular weight is 384 g/mol. The molecule has 0 unspecified atom stereocenters. The fourth-order valence-electron chi connectivity index (χ4n) is 3.34. The molecule has 1 aromatic carbocycles. The topological polar surface area (TPSA) is 81.4 Å². The Kier molecular flexibility index (Phi) is 5.26. The summed E-state index contributed by atoms with van der Waals surface area (Å²) in [5, 5.41) is 7.26. The SMILES string of the molecule is COC(=O)c1ccc(-c2noc(CN3CCCC[C@H]3c3nccs3)n2)cc1. The molecule has 0 saturated carbocycles. The van der Waals surface area contributed by atoms with Crippen molar-refractivity contribution in [2.45, 2.75) is 31.8 Å². The summed E-state index contributed by atoms with van der Waals surface area (Å²) in [6.07, 6.45) is 5.33. The number of ether oxygens (including phenoxy) is 1. The van der Waals surface area contributed by atoms with Crippen LogP contribution in [0.4, 0.5) is 0 Å². The van der Waals surface area contributed by atoms with Gasteiger partial charge in [0.05, 0.1) is 25.3 Å². The number of aromatic nitrogens is 3. The van der Waals surface area contributed by atoms with Crippen molar-refractivity contribution in [3.05, 3.63) is 52.3 Å². The number of nitrogens with zero attached hydrogens (tertiary/aromatic N) is 4. The van der Waals surface area contributed by atoms with Crippen LogP contribution in [0, 0.1) is 0 Å². The molecule has 0 amide bonds. The number of piperidine rings is 1. The van der Waals surface area contributed by atoms with E-state index in [2.05, 4.69) is 20.0 Å². The molecule has 27 heavy (non-hydrogen) atoms. The molecule has 7 nitrogen and oxygen atoms in total. The summed E-state index contributed by atoms with van der Waals surface area (Å²) in [7, 11) is 1.36. The zero-order chi connectivity index (χ0) is 18.6. The van der Waals surface area contributed by atoms with E-state index in [0.717, 1.165) is 30.0 Å². The summed E-state index contributed by atoms with van der Waals surface area (Å²) in [5.41, 5.74) is 1.29. The maximum Gasteiger partial charge on any atom is 0.337 e. The smallest absolute Gasteiger partial charge is 0.337 e. The lowest BCUT2D eigenvalue weighted by Crippen LogP contribution is -2.32. The Morgan fingerprint density at radius 2 is 2.19 bits per heavy atom. The summed E-state index contributed by atoms with van der Waals surface area (Å²) < 4.78 is 10.2. The van der Waals surface area contributed by atoms with Gasteiger partial charge in [0.2, 0.25) is 11.7 Å². The van der Waals surface area contributed by atoms with Gasteiger partial charge in [0.1, 0.15) is 5.01 Å². The summed E-state index contributed by atoms with van der Waals surface area (Å²) in [5.74, 6) is 0.739. The minimum Gasteiger partial charge on any atom is -0.465 e. The second-order valence-electron chi connectivity index (χ2n) is 6.43. The zero-order valence-electron chi connectivity index (χ0n) is 15.0.